The summed E-state index contributed by atoms with van der Waals surface area (Å²) in [5, 5.41) is 0.681. The second-order valence-corrected chi connectivity index (χ2v) is 4.65. The van der Waals surface area contributed by atoms with E-state index < -0.39 is 0 Å². The number of hydrogen-bond acceptors (Lipinski definition) is 4. The zero-order valence-corrected chi connectivity index (χ0v) is 12.3. The van der Waals surface area contributed by atoms with Crippen molar-refractivity contribution in [2.45, 2.75) is 19.9 Å². The SMILES string of the molecule is CCOC(=O)C(C)N(C)CCOc1ccc(Cl)cc1. The Kier molecular flexibility index (Phi) is 6.67. The summed E-state index contributed by atoms with van der Waals surface area (Å²) in [4.78, 5) is 13.4. The van der Waals surface area contributed by atoms with Gasteiger partial charge in [-0.25, -0.2) is 0 Å². The van der Waals surface area contributed by atoms with Crippen molar-refractivity contribution in [1.82, 2.24) is 4.90 Å². The Balaban J connectivity index is 2.32. The number of carbonyl (C=O) groups excluding carboxylic acids is 1. The van der Waals surface area contributed by atoms with Gasteiger partial charge >= 0.3 is 5.97 Å². The highest BCUT2D eigenvalue weighted by atomic mass is 35.5. The highest BCUT2D eigenvalue weighted by Gasteiger charge is 2.18. The third-order valence-corrected chi connectivity index (χ3v) is 3.07. The van der Waals surface area contributed by atoms with Crippen LogP contribution in [0.1, 0.15) is 13.8 Å². The number of esters is 1. The first kappa shape index (κ1) is 15.8. The molecule has 0 spiro atoms. The van der Waals surface area contributed by atoms with E-state index in [1.165, 1.54) is 0 Å². The lowest BCUT2D eigenvalue weighted by Gasteiger charge is -2.22. The number of ether oxygens (including phenoxy) is 2. The van der Waals surface area contributed by atoms with Gasteiger partial charge in [-0.15, -0.1) is 0 Å². The Morgan fingerprint density at radius 3 is 2.58 bits per heavy atom. The van der Waals surface area contributed by atoms with Crippen LogP contribution in [-0.2, 0) is 9.53 Å². The van der Waals surface area contributed by atoms with Gasteiger partial charge in [-0.1, -0.05) is 11.6 Å². The van der Waals surface area contributed by atoms with E-state index in [0.29, 0.717) is 24.8 Å². The average Bonchev–Trinajstić information content (AvgIpc) is 2.40. The molecule has 0 aliphatic rings. The third kappa shape index (κ3) is 5.49. The summed E-state index contributed by atoms with van der Waals surface area (Å²) in [6.45, 7) is 5.16. The van der Waals surface area contributed by atoms with Gasteiger partial charge in [0.1, 0.15) is 18.4 Å². The number of hydrogen-bond donors (Lipinski definition) is 0. The minimum Gasteiger partial charge on any atom is -0.492 e. The lowest BCUT2D eigenvalue weighted by Crippen LogP contribution is -2.39. The number of nitrogens with zero attached hydrogens (tertiary/aromatic N) is 1. The number of benzene rings is 1. The van der Waals surface area contributed by atoms with Crippen LogP contribution in [0.2, 0.25) is 5.02 Å². The van der Waals surface area contributed by atoms with Crippen molar-refractivity contribution in [3.8, 4) is 5.75 Å². The summed E-state index contributed by atoms with van der Waals surface area (Å²) in [6.07, 6.45) is 0. The van der Waals surface area contributed by atoms with Gasteiger partial charge in [0, 0.05) is 11.6 Å². The molecule has 0 heterocycles. The molecule has 0 amide bonds. The van der Waals surface area contributed by atoms with E-state index in [9.17, 15) is 4.79 Å². The summed E-state index contributed by atoms with van der Waals surface area (Å²) in [6, 6.07) is 6.92. The van der Waals surface area contributed by atoms with Crippen LogP contribution in [0.5, 0.6) is 5.75 Å². The van der Waals surface area contributed by atoms with Crippen molar-refractivity contribution >= 4 is 17.6 Å². The fourth-order valence-corrected chi connectivity index (χ4v) is 1.60. The Hall–Kier alpha value is -1.26. The van der Waals surface area contributed by atoms with Crippen LogP contribution in [0.4, 0.5) is 0 Å². The lowest BCUT2D eigenvalue weighted by molar-refractivity contribution is -0.148. The second kappa shape index (κ2) is 8.02. The number of carbonyl (C=O) groups is 1. The lowest BCUT2D eigenvalue weighted by atomic mass is 10.3. The van der Waals surface area contributed by atoms with Gasteiger partial charge in [-0.05, 0) is 45.2 Å². The molecule has 0 bridgehead atoms. The summed E-state index contributed by atoms with van der Waals surface area (Å²) >= 11 is 5.79. The van der Waals surface area contributed by atoms with Crippen LogP contribution >= 0.6 is 11.6 Å². The first-order valence-corrected chi connectivity index (χ1v) is 6.67. The molecule has 0 N–H and O–H groups in total. The van der Waals surface area contributed by atoms with E-state index >= 15 is 0 Å². The quantitative estimate of drug-likeness (QED) is 0.722. The fraction of sp³-hybridized carbons (Fsp3) is 0.500. The molecule has 106 valence electrons. The molecule has 1 atom stereocenters. The highest BCUT2D eigenvalue weighted by molar-refractivity contribution is 6.30. The maximum atomic E-state index is 11.5. The minimum atomic E-state index is -0.270. The molecule has 4 nitrogen and oxygen atoms in total. The predicted molar refractivity (Wildman–Crippen MR) is 75.7 cm³/mol. The van der Waals surface area contributed by atoms with Crippen molar-refractivity contribution in [3.05, 3.63) is 29.3 Å². The molecule has 0 aromatic heterocycles. The van der Waals surface area contributed by atoms with Gasteiger partial charge < -0.3 is 9.47 Å². The number of likely N-dealkylation sites (N-methyl/N-ethyl adjacent to an activating group) is 1. The largest absolute Gasteiger partial charge is 0.492 e. The van der Waals surface area contributed by atoms with Crippen molar-refractivity contribution in [3.63, 3.8) is 0 Å². The van der Waals surface area contributed by atoms with E-state index in [4.69, 9.17) is 21.1 Å². The summed E-state index contributed by atoms with van der Waals surface area (Å²) in [5.41, 5.74) is 0. The third-order valence-electron chi connectivity index (χ3n) is 2.82. The first-order valence-electron chi connectivity index (χ1n) is 6.29. The summed E-state index contributed by atoms with van der Waals surface area (Å²) in [5.74, 6) is 0.554. The monoisotopic (exact) mass is 285 g/mol. The van der Waals surface area contributed by atoms with Gasteiger partial charge in [-0.2, -0.15) is 0 Å². The molecule has 0 radical (unpaired) electrons. The maximum Gasteiger partial charge on any atom is 0.323 e. The van der Waals surface area contributed by atoms with E-state index in [-0.39, 0.29) is 12.0 Å². The van der Waals surface area contributed by atoms with Crippen LogP contribution in [0, 0.1) is 0 Å². The second-order valence-electron chi connectivity index (χ2n) is 4.21. The molecule has 0 saturated heterocycles. The van der Waals surface area contributed by atoms with Crippen molar-refractivity contribution < 1.29 is 14.3 Å². The number of halogens is 1. The standard InChI is InChI=1S/C14H20ClNO3/c1-4-18-14(17)11(2)16(3)9-10-19-13-7-5-12(15)6-8-13/h5-8,11H,4,9-10H2,1-3H3. The van der Waals surface area contributed by atoms with Gasteiger partial charge in [0.15, 0.2) is 0 Å². The Labute approximate surface area is 119 Å². The van der Waals surface area contributed by atoms with E-state index in [1.54, 1.807) is 19.1 Å². The van der Waals surface area contributed by atoms with Gasteiger partial charge in [0.25, 0.3) is 0 Å². The molecule has 19 heavy (non-hydrogen) atoms. The van der Waals surface area contributed by atoms with Crippen molar-refractivity contribution in [2.75, 3.05) is 26.8 Å². The zero-order valence-electron chi connectivity index (χ0n) is 11.6. The average molecular weight is 286 g/mol. The van der Waals surface area contributed by atoms with Crippen molar-refractivity contribution in [2.24, 2.45) is 0 Å². The highest BCUT2D eigenvalue weighted by Crippen LogP contribution is 2.15. The molecule has 0 aliphatic carbocycles. The Morgan fingerprint density at radius 2 is 2.00 bits per heavy atom. The maximum absolute atomic E-state index is 11.5. The van der Waals surface area contributed by atoms with Crippen LogP contribution in [0.15, 0.2) is 24.3 Å². The number of rotatable bonds is 7. The molecule has 0 aliphatic heterocycles. The van der Waals surface area contributed by atoms with Crippen LogP contribution in [-0.4, -0.2) is 43.7 Å². The molecular formula is C14H20ClNO3. The predicted octanol–water partition coefficient (Wildman–Crippen LogP) is 2.60. The van der Waals surface area contributed by atoms with Crippen LogP contribution in [0.3, 0.4) is 0 Å². The minimum absolute atomic E-state index is 0.212. The molecular weight excluding hydrogens is 266 g/mol. The first-order chi connectivity index (χ1) is 9.04. The normalized spacial score (nSPS) is 12.3. The smallest absolute Gasteiger partial charge is 0.323 e. The van der Waals surface area contributed by atoms with Gasteiger partial charge in [0.2, 0.25) is 0 Å². The van der Waals surface area contributed by atoms with E-state index in [0.717, 1.165) is 5.75 Å². The molecule has 1 rings (SSSR count). The van der Waals surface area contributed by atoms with E-state index in [2.05, 4.69) is 0 Å². The topological polar surface area (TPSA) is 38.8 Å². The molecule has 5 heteroatoms. The van der Waals surface area contributed by atoms with Gasteiger partial charge in [0.05, 0.1) is 6.61 Å². The molecule has 0 saturated carbocycles. The van der Waals surface area contributed by atoms with Gasteiger partial charge in [-0.3, -0.25) is 9.69 Å². The van der Waals surface area contributed by atoms with Crippen molar-refractivity contribution in [1.29, 1.82) is 0 Å². The van der Waals surface area contributed by atoms with Crippen LogP contribution in [0.25, 0.3) is 0 Å². The fourth-order valence-electron chi connectivity index (χ4n) is 1.47. The molecule has 0 fully saturated rings. The Bertz CT molecular complexity index is 394. The Morgan fingerprint density at radius 1 is 1.37 bits per heavy atom. The van der Waals surface area contributed by atoms with Crippen LogP contribution < -0.4 is 4.74 Å². The van der Waals surface area contributed by atoms with E-state index in [1.807, 2.05) is 31.0 Å². The summed E-state index contributed by atoms with van der Waals surface area (Å²) < 4.78 is 10.5. The molecule has 1 aromatic rings. The molecule has 1 aromatic carbocycles. The zero-order chi connectivity index (χ0) is 14.3. The molecule has 1 unspecified atom stereocenters. The summed E-state index contributed by atoms with van der Waals surface area (Å²) in [7, 11) is 1.87.